The molecule has 27 heavy (non-hydrogen) atoms. The van der Waals surface area contributed by atoms with E-state index in [1.54, 1.807) is 24.3 Å². The molecule has 0 fully saturated rings. The molecule has 0 saturated heterocycles. The molecule has 0 bridgehead atoms. The Morgan fingerprint density at radius 1 is 1.15 bits per heavy atom. The van der Waals surface area contributed by atoms with Gasteiger partial charge in [0, 0.05) is 5.56 Å². The number of anilines is 2. The molecule has 0 atom stereocenters. The molecule has 0 aliphatic rings. The van der Waals surface area contributed by atoms with Gasteiger partial charge in [-0.05, 0) is 37.3 Å². The van der Waals surface area contributed by atoms with Crippen LogP contribution in [0.1, 0.15) is 15.9 Å². The Balaban J connectivity index is 1.74. The maximum absolute atomic E-state index is 13.2. The summed E-state index contributed by atoms with van der Waals surface area (Å²) in [7, 11) is -4.07. The molecule has 0 spiro atoms. The van der Waals surface area contributed by atoms with E-state index in [-0.39, 0.29) is 20.2 Å². The summed E-state index contributed by atoms with van der Waals surface area (Å²) < 4.78 is 39.7. The minimum Gasteiger partial charge on any atom is -0.296 e. The SMILES string of the molecule is Cc1ccc(C(=O)Nc2nnc(S(=O)(=O)Nc3ccc(F)c(Cl)c3)s2)cc1. The van der Waals surface area contributed by atoms with Crippen molar-refractivity contribution in [1.29, 1.82) is 0 Å². The number of hydrogen-bond donors (Lipinski definition) is 2. The number of halogens is 2. The largest absolute Gasteiger partial charge is 0.296 e. The van der Waals surface area contributed by atoms with Crippen molar-refractivity contribution in [2.75, 3.05) is 10.0 Å². The first-order chi connectivity index (χ1) is 12.7. The zero-order chi connectivity index (χ0) is 19.6. The molecule has 1 amide bonds. The smallest absolute Gasteiger partial charge is 0.291 e. The molecular weight excluding hydrogens is 415 g/mol. The summed E-state index contributed by atoms with van der Waals surface area (Å²) in [5, 5.41) is 9.55. The van der Waals surface area contributed by atoms with Crippen molar-refractivity contribution in [3.63, 3.8) is 0 Å². The number of nitrogens with one attached hydrogen (secondary N) is 2. The van der Waals surface area contributed by atoms with E-state index in [4.69, 9.17) is 11.6 Å². The molecule has 7 nitrogen and oxygen atoms in total. The number of sulfonamides is 1. The number of aryl methyl sites for hydroxylation is 1. The van der Waals surface area contributed by atoms with Gasteiger partial charge in [0.25, 0.3) is 20.3 Å². The molecule has 2 aromatic carbocycles. The first-order valence-electron chi connectivity index (χ1n) is 7.44. The molecule has 1 aromatic heterocycles. The average molecular weight is 427 g/mol. The maximum atomic E-state index is 13.2. The molecule has 3 aromatic rings. The fourth-order valence-corrected chi connectivity index (χ4v) is 4.13. The highest BCUT2D eigenvalue weighted by Gasteiger charge is 2.21. The molecule has 140 valence electrons. The lowest BCUT2D eigenvalue weighted by Crippen LogP contribution is -2.12. The second-order valence-corrected chi connectivity index (χ2v) is 8.67. The number of aromatic nitrogens is 2. The number of carbonyl (C=O) groups excluding carboxylic acids is 1. The Bertz CT molecular complexity index is 1100. The first-order valence-corrected chi connectivity index (χ1v) is 10.1. The third kappa shape index (κ3) is 4.59. The quantitative estimate of drug-likeness (QED) is 0.606. The summed E-state index contributed by atoms with van der Waals surface area (Å²) in [5.74, 6) is -1.11. The molecule has 0 aliphatic heterocycles. The molecule has 0 unspecified atom stereocenters. The lowest BCUT2D eigenvalue weighted by molar-refractivity contribution is 0.102. The van der Waals surface area contributed by atoms with Crippen molar-refractivity contribution in [2.45, 2.75) is 11.3 Å². The molecule has 2 N–H and O–H groups in total. The zero-order valence-corrected chi connectivity index (χ0v) is 16.1. The third-order valence-electron chi connectivity index (χ3n) is 3.34. The Kier molecular flexibility index (Phi) is 5.40. The van der Waals surface area contributed by atoms with Crippen LogP contribution in [0.4, 0.5) is 15.2 Å². The number of carbonyl (C=O) groups is 1. The summed E-state index contributed by atoms with van der Waals surface area (Å²) >= 11 is 6.32. The predicted octanol–water partition coefficient (Wildman–Crippen LogP) is 3.69. The van der Waals surface area contributed by atoms with Gasteiger partial charge in [-0.15, -0.1) is 10.2 Å². The van der Waals surface area contributed by atoms with Crippen molar-refractivity contribution in [1.82, 2.24) is 10.2 Å². The van der Waals surface area contributed by atoms with Crippen molar-refractivity contribution >= 4 is 49.7 Å². The van der Waals surface area contributed by atoms with E-state index in [9.17, 15) is 17.6 Å². The highest BCUT2D eigenvalue weighted by Crippen LogP contribution is 2.25. The van der Waals surface area contributed by atoms with Gasteiger partial charge in [-0.3, -0.25) is 14.8 Å². The number of hydrogen-bond acceptors (Lipinski definition) is 6. The molecule has 0 radical (unpaired) electrons. The lowest BCUT2D eigenvalue weighted by Gasteiger charge is -2.05. The molecule has 11 heteroatoms. The van der Waals surface area contributed by atoms with Gasteiger partial charge < -0.3 is 0 Å². The van der Waals surface area contributed by atoms with Crippen LogP contribution < -0.4 is 10.0 Å². The van der Waals surface area contributed by atoms with Crippen molar-refractivity contribution in [3.05, 3.63) is 64.4 Å². The fraction of sp³-hybridized carbons (Fsp3) is 0.0625. The van der Waals surface area contributed by atoms with E-state index in [1.807, 2.05) is 6.92 Å². The Morgan fingerprint density at radius 2 is 1.85 bits per heavy atom. The van der Waals surface area contributed by atoms with Gasteiger partial charge in [0.2, 0.25) is 5.13 Å². The standard InChI is InChI=1S/C16H12ClFN4O3S2/c1-9-2-4-10(5-3-9)14(23)19-15-20-21-16(26-15)27(24,25)22-11-6-7-13(18)12(17)8-11/h2-8,22H,1H3,(H,19,20,23). The Labute approximate surface area is 163 Å². The number of nitrogens with zero attached hydrogens (tertiary/aromatic N) is 2. The van der Waals surface area contributed by atoms with Gasteiger partial charge in [0.1, 0.15) is 5.82 Å². The van der Waals surface area contributed by atoms with Crippen LogP contribution in [0.25, 0.3) is 0 Å². The summed E-state index contributed by atoms with van der Waals surface area (Å²) in [6, 6.07) is 10.2. The van der Waals surface area contributed by atoms with Crippen LogP contribution in [0, 0.1) is 12.7 Å². The Morgan fingerprint density at radius 3 is 2.52 bits per heavy atom. The van der Waals surface area contributed by atoms with Crippen LogP contribution in [-0.2, 0) is 10.0 Å². The molecule has 0 saturated carbocycles. The summed E-state index contributed by atoms with van der Waals surface area (Å²) in [6.45, 7) is 1.89. The molecule has 0 aliphatic carbocycles. The summed E-state index contributed by atoms with van der Waals surface area (Å²) in [5.41, 5.74) is 1.48. The molecular formula is C16H12ClFN4O3S2. The second-order valence-electron chi connectivity index (χ2n) is 5.43. The number of amides is 1. The molecule has 3 rings (SSSR count). The van der Waals surface area contributed by atoms with Gasteiger partial charge in [-0.2, -0.15) is 8.42 Å². The van der Waals surface area contributed by atoms with Crippen LogP contribution in [0.5, 0.6) is 0 Å². The average Bonchev–Trinajstić information content (AvgIpc) is 3.08. The minimum absolute atomic E-state index is 0.0260. The van der Waals surface area contributed by atoms with E-state index < -0.39 is 21.7 Å². The van der Waals surface area contributed by atoms with Crippen LogP contribution in [0.3, 0.4) is 0 Å². The lowest BCUT2D eigenvalue weighted by atomic mass is 10.1. The van der Waals surface area contributed by atoms with Gasteiger partial charge in [0.15, 0.2) is 0 Å². The second kappa shape index (κ2) is 7.59. The normalized spacial score (nSPS) is 11.2. The van der Waals surface area contributed by atoms with E-state index in [0.29, 0.717) is 16.9 Å². The monoisotopic (exact) mass is 426 g/mol. The van der Waals surface area contributed by atoms with E-state index in [0.717, 1.165) is 17.7 Å². The highest BCUT2D eigenvalue weighted by molar-refractivity contribution is 7.94. The highest BCUT2D eigenvalue weighted by atomic mass is 35.5. The Hall–Kier alpha value is -2.56. The topological polar surface area (TPSA) is 101 Å². The number of benzene rings is 2. The zero-order valence-electron chi connectivity index (χ0n) is 13.7. The minimum atomic E-state index is -4.07. The predicted molar refractivity (Wildman–Crippen MR) is 101 cm³/mol. The van der Waals surface area contributed by atoms with Crippen molar-refractivity contribution in [3.8, 4) is 0 Å². The fourth-order valence-electron chi connectivity index (χ4n) is 2.00. The van der Waals surface area contributed by atoms with Gasteiger partial charge in [-0.1, -0.05) is 40.6 Å². The van der Waals surface area contributed by atoms with Gasteiger partial charge in [-0.25, -0.2) is 4.39 Å². The maximum Gasteiger partial charge on any atom is 0.291 e. The van der Waals surface area contributed by atoms with Crippen LogP contribution >= 0.6 is 22.9 Å². The van der Waals surface area contributed by atoms with Gasteiger partial charge >= 0.3 is 0 Å². The van der Waals surface area contributed by atoms with Crippen LogP contribution in [0.15, 0.2) is 46.8 Å². The summed E-state index contributed by atoms with van der Waals surface area (Å²) in [4.78, 5) is 12.2. The molecule has 1 heterocycles. The van der Waals surface area contributed by atoms with Crippen molar-refractivity contribution in [2.24, 2.45) is 0 Å². The van der Waals surface area contributed by atoms with Crippen molar-refractivity contribution < 1.29 is 17.6 Å². The summed E-state index contributed by atoms with van der Waals surface area (Å²) in [6.07, 6.45) is 0. The van der Waals surface area contributed by atoms with E-state index in [1.165, 1.54) is 6.07 Å². The number of rotatable bonds is 5. The third-order valence-corrected chi connectivity index (χ3v) is 6.22. The van der Waals surface area contributed by atoms with Crippen LogP contribution in [0.2, 0.25) is 5.02 Å². The van der Waals surface area contributed by atoms with E-state index in [2.05, 4.69) is 20.2 Å². The van der Waals surface area contributed by atoms with Crippen LogP contribution in [-0.4, -0.2) is 24.5 Å². The van der Waals surface area contributed by atoms with E-state index >= 15 is 0 Å². The van der Waals surface area contributed by atoms with Gasteiger partial charge in [0.05, 0.1) is 10.7 Å². The first kappa shape index (κ1) is 19.2.